The van der Waals surface area contributed by atoms with Gasteiger partial charge in [0.25, 0.3) is 0 Å². The van der Waals surface area contributed by atoms with Crippen molar-refractivity contribution in [2.75, 3.05) is 33.7 Å². The Hall–Kier alpha value is -0.340. The van der Waals surface area contributed by atoms with Crippen LogP contribution in [0.2, 0.25) is 0 Å². The Morgan fingerprint density at radius 1 is 1.38 bits per heavy atom. The normalized spacial score (nSPS) is 32.6. The van der Waals surface area contributed by atoms with E-state index in [0.717, 1.165) is 30.8 Å². The second-order valence-electron chi connectivity index (χ2n) is 5.91. The first-order valence-corrected chi connectivity index (χ1v) is 6.68. The number of likely N-dealkylation sites (N-methyl/N-ethyl adjacent to an activating group) is 2. The lowest BCUT2D eigenvalue weighted by molar-refractivity contribution is 0.230. The van der Waals surface area contributed by atoms with Crippen molar-refractivity contribution in [3.05, 3.63) is 12.2 Å². The van der Waals surface area contributed by atoms with Gasteiger partial charge in [0.1, 0.15) is 0 Å². The molecule has 0 aromatic rings. The first-order valence-electron chi connectivity index (χ1n) is 6.68. The molecule has 0 aromatic heterocycles. The Kier molecular flexibility index (Phi) is 4.04. The molecule has 0 spiro atoms. The van der Waals surface area contributed by atoms with Crippen LogP contribution in [0.5, 0.6) is 0 Å². The van der Waals surface area contributed by atoms with Crippen LogP contribution in [0.25, 0.3) is 0 Å². The van der Waals surface area contributed by atoms with E-state index in [9.17, 15) is 0 Å². The van der Waals surface area contributed by atoms with E-state index in [4.69, 9.17) is 0 Å². The minimum absolute atomic E-state index is 0.945. The van der Waals surface area contributed by atoms with Crippen LogP contribution in [-0.2, 0) is 0 Å². The Labute approximate surface area is 100 Å². The zero-order chi connectivity index (χ0) is 11.5. The first kappa shape index (κ1) is 12.1. The minimum atomic E-state index is 0.945. The fourth-order valence-corrected chi connectivity index (χ4v) is 3.75. The van der Waals surface area contributed by atoms with Gasteiger partial charge in [-0.3, -0.25) is 0 Å². The van der Waals surface area contributed by atoms with Crippen LogP contribution < -0.4 is 5.32 Å². The smallest absolute Gasteiger partial charge is 0.0199 e. The standard InChI is InChI=1S/C14H26N2/c1-11(8-15-2)9-16(3)10-14-7-12-4-5-13(14)6-12/h12-15H,1,4-10H2,2-3H3. The van der Waals surface area contributed by atoms with Crippen LogP contribution in [0.15, 0.2) is 12.2 Å². The van der Waals surface area contributed by atoms with E-state index in [0.29, 0.717) is 0 Å². The van der Waals surface area contributed by atoms with Gasteiger partial charge in [0.15, 0.2) is 0 Å². The monoisotopic (exact) mass is 222 g/mol. The maximum absolute atomic E-state index is 4.10. The van der Waals surface area contributed by atoms with Crippen LogP contribution in [-0.4, -0.2) is 38.6 Å². The average molecular weight is 222 g/mol. The van der Waals surface area contributed by atoms with Crippen molar-refractivity contribution in [3.8, 4) is 0 Å². The highest BCUT2D eigenvalue weighted by Crippen LogP contribution is 2.48. The summed E-state index contributed by atoms with van der Waals surface area (Å²) in [5.41, 5.74) is 1.30. The summed E-state index contributed by atoms with van der Waals surface area (Å²) in [6.07, 6.45) is 6.03. The summed E-state index contributed by atoms with van der Waals surface area (Å²) < 4.78 is 0. The van der Waals surface area contributed by atoms with Crippen molar-refractivity contribution in [3.63, 3.8) is 0 Å². The summed E-state index contributed by atoms with van der Waals surface area (Å²) in [5, 5.41) is 3.17. The number of nitrogens with one attached hydrogen (secondary N) is 1. The van der Waals surface area contributed by atoms with Crippen LogP contribution in [0.3, 0.4) is 0 Å². The Bertz CT molecular complexity index is 249. The topological polar surface area (TPSA) is 15.3 Å². The third-order valence-electron chi connectivity index (χ3n) is 4.35. The Balaban J connectivity index is 1.71. The largest absolute Gasteiger partial charge is 0.316 e. The molecule has 3 atom stereocenters. The highest BCUT2D eigenvalue weighted by atomic mass is 15.1. The highest BCUT2D eigenvalue weighted by molar-refractivity contribution is 5.00. The van der Waals surface area contributed by atoms with E-state index in [2.05, 4.69) is 23.8 Å². The summed E-state index contributed by atoms with van der Waals surface area (Å²) in [5.74, 6) is 3.10. The van der Waals surface area contributed by atoms with Crippen molar-refractivity contribution in [1.82, 2.24) is 10.2 Å². The quantitative estimate of drug-likeness (QED) is 0.693. The molecule has 0 radical (unpaired) electrons. The van der Waals surface area contributed by atoms with E-state index in [1.807, 2.05) is 7.05 Å². The number of fused-ring (bicyclic) bond motifs is 2. The molecule has 2 aliphatic carbocycles. The minimum Gasteiger partial charge on any atom is -0.316 e. The number of hydrogen-bond acceptors (Lipinski definition) is 2. The van der Waals surface area contributed by atoms with Gasteiger partial charge in [-0.25, -0.2) is 0 Å². The Morgan fingerprint density at radius 2 is 2.19 bits per heavy atom. The van der Waals surface area contributed by atoms with Gasteiger partial charge in [-0.2, -0.15) is 0 Å². The molecule has 2 heteroatoms. The molecule has 1 N–H and O–H groups in total. The molecular formula is C14H26N2. The van der Waals surface area contributed by atoms with Gasteiger partial charge < -0.3 is 10.2 Å². The predicted octanol–water partition coefficient (Wildman–Crippen LogP) is 2.13. The molecule has 2 nitrogen and oxygen atoms in total. The lowest BCUT2D eigenvalue weighted by atomic mass is 9.88. The molecule has 2 fully saturated rings. The fraction of sp³-hybridized carbons (Fsp3) is 0.857. The molecule has 2 aliphatic rings. The SMILES string of the molecule is C=C(CNC)CN(C)CC1CC2CCC1C2. The van der Waals surface area contributed by atoms with Gasteiger partial charge in [0, 0.05) is 19.6 Å². The molecule has 0 saturated heterocycles. The van der Waals surface area contributed by atoms with Gasteiger partial charge in [-0.15, -0.1) is 0 Å². The summed E-state index contributed by atoms with van der Waals surface area (Å²) in [7, 11) is 4.23. The van der Waals surface area contributed by atoms with Crippen molar-refractivity contribution < 1.29 is 0 Å². The molecule has 2 rings (SSSR count). The molecule has 0 amide bonds. The van der Waals surface area contributed by atoms with Gasteiger partial charge in [-0.1, -0.05) is 13.0 Å². The van der Waals surface area contributed by atoms with Crippen LogP contribution in [0.1, 0.15) is 25.7 Å². The fourth-order valence-electron chi connectivity index (χ4n) is 3.75. The highest BCUT2D eigenvalue weighted by Gasteiger charge is 2.39. The molecule has 2 saturated carbocycles. The summed E-state index contributed by atoms with van der Waals surface area (Å²) >= 11 is 0. The van der Waals surface area contributed by atoms with E-state index in [1.54, 1.807) is 0 Å². The summed E-state index contributed by atoms with van der Waals surface area (Å²) in [6.45, 7) is 7.38. The maximum atomic E-state index is 4.10. The lowest BCUT2D eigenvalue weighted by Gasteiger charge is -2.27. The third-order valence-corrected chi connectivity index (χ3v) is 4.35. The van der Waals surface area contributed by atoms with E-state index in [1.165, 1.54) is 37.8 Å². The van der Waals surface area contributed by atoms with Crippen LogP contribution in [0, 0.1) is 17.8 Å². The number of hydrogen-bond donors (Lipinski definition) is 1. The zero-order valence-electron chi connectivity index (χ0n) is 10.8. The molecular weight excluding hydrogens is 196 g/mol. The second kappa shape index (κ2) is 5.33. The summed E-state index contributed by atoms with van der Waals surface area (Å²) in [6, 6.07) is 0. The molecule has 3 unspecified atom stereocenters. The van der Waals surface area contributed by atoms with Gasteiger partial charge in [0.05, 0.1) is 0 Å². The lowest BCUT2D eigenvalue weighted by Crippen LogP contribution is -2.31. The van der Waals surface area contributed by atoms with E-state index < -0.39 is 0 Å². The number of rotatable bonds is 6. The molecule has 0 heterocycles. The first-order chi connectivity index (χ1) is 7.69. The third kappa shape index (κ3) is 2.86. The van der Waals surface area contributed by atoms with Gasteiger partial charge >= 0.3 is 0 Å². The molecule has 16 heavy (non-hydrogen) atoms. The van der Waals surface area contributed by atoms with Crippen LogP contribution >= 0.6 is 0 Å². The maximum Gasteiger partial charge on any atom is 0.0199 e. The van der Waals surface area contributed by atoms with Crippen molar-refractivity contribution in [2.45, 2.75) is 25.7 Å². The summed E-state index contributed by atoms with van der Waals surface area (Å²) in [4.78, 5) is 2.46. The van der Waals surface area contributed by atoms with Gasteiger partial charge in [0.2, 0.25) is 0 Å². The van der Waals surface area contributed by atoms with Crippen molar-refractivity contribution in [2.24, 2.45) is 17.8 Å². The van der Waals surface area contributed by atoms with E-state index >= 15 is 0 Å². The Morgan fingerprint density at radius 3 is 2.75 bits per heavy atom. The van der Waals surface area contributed by atoms with Crippen LogP contribution in [0.4, 0.5) is 0 Å². The molecule has 0 aliphatic heterocycles. The second-order valence-corrected chi connectivity index (χ2v) is 5.91. The zero-order valence-corrected chi connectivity index (χ0v) is 10.8. The molecule has 0 aromatic carbocycles. The van der Waals surface area contributed by atoms with E-state index in [-0.39, 0.29) is 0 Å². The molecule has 92 valence electrons. The predicted molar refractivity (Wildman–Crippen MR) is 69.5 cm³/mol. The average Bonchev–Trinajstić information content (AvgIpc) is 2.78. The van der Waals surface area contributed by atoms with Gasteiger partial charge in [-0.05, 0) is 56.7 Å². The van der Waals surface area contributed by atoms with Crippen molar-refractivity contribution >= 4 is 0 Å². The molecule has 2 bridgehead atoms. The van der Waals surface area contributed by atoms with Crippen molar-refractivity contribution in [1.29, 1.82) is 0 Å². The number of nitrogens with zero attached hydrogens (tertiary/aromatic N) is 1.